The number of rotatable bonds is 1. The van der Waals surface area contributed by atoms with E-state index in [4.69, 9.17) is 5.73 Å². The van der Waals surface area contributed by atoms with Gasteiger partial charge in [-0.15, -0.1) is 0 Å². The van der Waals surface area contributed by atoms with Gasteiger partial charge in [0.1, 0.15) is 0 Å². The highest BCUT2D eigenvalue weighted by Crippen LogP contribution is 2.35. The van der Waals surface area contributed by atoms with Crippen LogP contribution in [0.25, 0.3) is 0 Å². The van der Waals surface area contributed by atoms with E-state index in [1.807, 2.05) is 24.8 Å². The van der Waals surface area contributed by atoms with Crippen LogP contribution in [-0.2, 0) is 4.79 Å². The summed E-state index contributed by atoms with van der Waals surface area (Å²) in [5, 5.41) is 0. The third kappa shape index (κ3) is 1.93. The normalized spacial score (nSPS) is 23.3. The van der Waals surface area contributed by atoms with Crippen LogP contribution in [0.1, 0.15) is 31.4 Å². The number of amides is 1. The van der Waals surface area contributed by atoms with Crippen LogP contribution in [0, 0.1) is 19.3 Å². The summed E-state index contributed by atoms with van der Waals surface area (Å²) >= 11 is 0. The summed E-state index contributed by atoms with van der Waals surface area (Å²) in [6.07, 6.45) is 0.854. The number of carbonyl (C=O) groups excluding carboxylic acids is 1. The first kappa shape index (κ1) is 13.1. The Morgan fingerprint density at radius 1 is 1.28 bits per heavy atom. The SMILES string of the molecule is Cc1cccc(C)c1N1CCC(N)C(C)(C)C1=O. The molecule has 1 heterocycles. The first-order chi connectivity index (χ1) is 8.35. The number of hydrogen-bond donors (Lipinski definition) is 1. The Balaban J connectivity index is 2.44. The molecule has 1 atom stereocenters. The summed E-state index contributed by atoms with van der Waals surface area (Å²) in [6.45, 7) is 8.71. The van der Waals surface area contributed by atoms with Gasteiger partial charge in [0.2, 0.25) is 5.91 Å². The average Bonchev–Trinajstić information content (AvgIpc) is 2.29. The summed E-state index contributed by atoms with van der Waals surface area (Å²) < 4.78 is 0. The van der Waals surface area contributed by atoms with Crippen molar-refractivity contribution in [1.82, 2.24) is 0 Å². The maximum absolute atomic E-state index is 12.6. The van der Waals surface area contributed by atoms with E-state index in [-0.39, 0.29) is 11.9 Å². The Hall–Kier alpha value is -1.35. The van der Waals surface area contributed by atoms with E-state index < -0.39 is 5.41 Å². The molecular weight excluding hydrogens is 224 g/mol. The van der Waals surface area contributed by atoms with Crippen LogP contribution >= 0.6 is 0 Å². The van der Waals surface area contributed by atoms with E-state index in [0.29, 0.717) is 0 Å². The predicted octanol–water partition coefficient (Wildman–Crippen LogP) is 2.39. The molecule has 0 radical (unpaired) electrons. The molecule has 1 aromatic carbocycles. The van der Waals surface area contributed by atoms with Crippen LogP contribution < -0.4 is 10.6 Å². The highest BCUT2D eigenvalue weighted by Gasteiger charge is 2.42. The lowest BCUT2D eigenvalue weighted by Gasteiger charge is -2.42. The van der Waals surface area contributed by atoms with E-state index in [2.05, 4.69) is 26.0 Å². The second-order valence-corrected chi connectivity index (χ2v) is 5.81. The number of carbonyl (C=O) groups is 1. The van der Waals surface area contributed by atoms with Gasteiger partial charge in [0.05, 0.1) is 5.41 Å². The van der Waals surface area contributed by atoms with Crippen LogP contribution in [0.5, 0.6) is 0 Å². The molecule has 18 heavy (non-hydrogen) atoms. The monoisotopic (exact) mass is 246 g/mol. The van der Waals surface area contributed by atoms with Crippen molar-refractivity contribution < 1.29 is 4.79 Å². The fourth-order valence-electron chi connectivity index (χ4n) is 2.68. The zero-order chi connectivity index (χ0) is 13.5. The second-order valence-electron chi connectivity index (χ2n) is 5.81. The van der Waals surface area contributed by atoms with E-state index in [0.717, 1.165) is 29.8 Å². The maximum Gasteiger partial charge on any atom is 0.234 e. The molecule has 1 aromatic rings. The van der Waals surface area contributed by atoms with Gasteiger partial charge in [-0.05, 0) is 45.2 Å². The van der Waals surface area contributed by atoms with Crippen molar-refractivity contribution in [3.63, 3.8) is 0 Å². The third-order valence-electron chi connectivity index (χ3n) is 4.10. The Morgan fingerprint density at radius 3 is 2.39 bits per heavy atom. The van der Waals surface area contributed by atoms with Crippen molar-refractivity contribution in [1.29, 1.82) is 0 Å². The number of aryl methyl sites for hydroxylation is 2. The summed E-state index contributed by atoms with van der Waals surface area (Å²) in [4.78, 5) is 14.5. The van der Waals surface area contributed by atoms with Crippen LogP contribution in [0.3, 0.4) is 0 Å². The largest absolute Gasteiger partial charge is 0.327 e. The van der Waals surface area contributed by atoms with Crippen molar-refractivity contribution in [2.24, 2.45) is 11.1 Å². The number of benzene rings is 1. The van der Waals surface area contributed by atoms with Gasteiger partial charge in [0.25, 0.3) is 0 Å². The fraction of sp³-hybridized carbons (Fsp3) is 0.533. The number of para-hydroxylation sites is 1. The molecular formula is C15H22N2O. The fourth-order valence-corrected chi connectivity index (χ4v) is 2.68. The van der Waals surface area contributed by atoms with Crippen LogP contribution in [0.15, 0.2) is 18.2 Å². The molecule has 3 heteroatoms. The van der Waals surface area contributed by atoms with Gasteiger partial charge in [0.15, 0.2) is 0 Å². The van der Waals surface area contributed by atoms with Crippen molar-refractivity contribution in [2.75, 3.05) is 11.4 Å². The molecule has 0 aliphatic carbocycles. The first-order valence-corrected chi connectivity index (χ1v) is 6.49. The molecule has 2 N–H and O–H groups in total. The molecule has 0 spiro atoms. The Bertz CT molecular complexity index is 459. The van der Waals surface area contributed by atoms with Gasteiger partial charge < -0.3 is 10.6 Å². The smallest absolute Gasteiger partial charge is 0.234 e. The molecule has 0 saturated carbocycles. The lowest BCUT2D eigenvalue weighted by molar-refractivity contribution is -0.129. The molecule has 0 bridgehead atoms. The molecule has 1 aliphatic rings. The zero-order valence-corrected chi connectivity index (χ0v) is 11.7. The van der Waals surface area contributed by atoms with Crippen molar-refractivity contribution in [3.8, 4) is 0 Å². The summed E-state index contributed by atoms with van der Waals surface area (Å²) in [5.74, 6) is 0.138. The molecule has 98 valence electrons. The van der Waals surface area contributed by atoms with E-state index in [1.54, 1.807) is 0 Å². The predicted molar refractivity (Wildman–Crippen MR) is 74.6 cm³/mol. The van der Waals surface area contributed by atoms with Gasteiger partial charge in [-0.3, -0.25) is 4.79 Å². The second kappa shape index (κ2) is 4.39. The molecule has 2 rings (SSSR count). The average molecular weight is 246 g/mol. The minimum Gasteiger partial charge on any atom is -0.327 e. The molecule has 3 nitrogen and oxygen atoms in total. The first-order valence-electron chi connectivity index (χ1n) is 6.49. The van der Waals surface area contributed by atoms with Crippen molar-refractivity contribution in [3.05, 3.63) is 29.3 Å². The highest BCUT2D eigenvalue weighted by atomic mass is 16.2. The number of nitrogens with zero attached hydrogens (tertiary/aromatic N) is 1. The van der Waals surface area contributed by atoms with E-state index in [9.17, 15) is 4.79 Å². The van der Waals surface area contributed by atoms with Crippen LogP contribution in [0.4, 0.5) is 5.69 Å². The van der Waals surface area contributed by atoms with Crippen molar-refractivity contribution >= 4 is 11.6 Å². The minimum absolute atomic E-state index is 0.0504. The molecule has 1 aliphatic heterocycles. The van der Waals surface area contributed by atoms with Gasteiger partial charge in [0, 0.05) is 18.3 Å². The third-order valence-corrected chi connectivity index (χ3v) is 4.10. The lowest BCUT2D eigenvalue weighted by Crippen LogP contribution is -2.57. The van der Waals surface area contributed by atoms with Crippen LogP contribution in [0.2, 0.25) is 0 Å². The Kier molecular flexibility index (Phi) is 3.20. The molecule has 1 amide bonds. The summed E-state index contributed by atoms with van der Waals surface area (Å²) in [7, 11) is 0. The van der Waals surface area contributed by atoms with Gasteiger partial charge in [-0.2, -0.15) is 0 Å². The van der Waals surface area contributed by atoms with Crippen LogP contribution in [-0.4, -0.2) is 18.5 Å². The lowest BCUT2D eigenvalue weighted by atomic mass is 9.78. The van der Waals surface area contributed by atoms with Crippen molar-refractivity contribution in [2.45, 2.75) is 40.2 Å². The molecule has 1 unspecified atom stereocenters. The summed E-state index contributed by atoms with van der Waals surface area (Å²) in [6, 6.07) is 6.08. The standard InChI is InChI=1S/C15H22N2O/c1-10-6-5-7-11(2)13(10)17-9-8-12(16)15(3,4)14(17)18/h5-7,12H,8-9,16H2,1-4H3. The number of nitrogens with two attached hydrogens (primary N) is 1. The quantitative estimate of drug-likeness (QED) is 0.827. The number of piperidine rings is 1. The van der Waals surface area contributed by atoms with E-state index >= 15 is 0 Å². The van der Waals surface area contributed by atoms with Gasteiger partial charge in [-0.25, -0.2) is 0 Å². The highest BCUT2D eigenvalue weighted by molar-refractivity contribution is 5.99. The van der Waals surface area contributed by atoms with Gasteiger partial charge >= 0.3 is 0 Å². The topological polar surface area (TPSA) is 46.3 Å². The van der Waals surface area contributed by atoms with Gasteiger partial charge in [-0.1, -0.05) is 18.2 Å². The molecule has 1 saturated heterocycles. The zero-order valence-electron chi connectivity index (χ0n) is 11.7. The summed E-state index contributed by atoms with van der Waals surface area (Å²) in [5.41, 5.74) is 8.95. The maximum atomic E-state index is 12.6. The van der Waals surface area contributed by atoms with E-state index in [1.165, 1.54) is 0 Å². The molecule has 0 aromatic heterocycles. The Morgan fingerprint density at radius 2 is 1.83 bits per heavy atom. The molecule has 1 fully saturated rings. The number of hydrogen-bond acceptors (Lipinski definition) is 2. The Labute approximate surface area is 109 Å². The number of anilines is 1. The minimum atomic E-state index is -0.479.